The van der Waals surface area contributed by atoms with Crippen molar-refractivity contribution in [2.75, 3.05) is 6.61 Å². The van der Waals surface area contributed by atoms with Crippen molar-refractivity contribution in [2.45, 2.75) is 59.8 Å². The number of cyclic esters (lactones) is 1. The summed E-state index contributed by atoms with van der Waals surface area (Å²) in [7, 11) is 0. The summed E-state index contributed by atoms with van der Waals surface area (Å²) in [6.45, 7) is 9.34. The number of hydrogen-bond acceptors (Lipinski definition) is 3. The molecule has 1 fully saturated rings. The van der Waals surface area contributed by atoms with Crippen LogP contribution in [0.2, 0.25) is 0 Å². The molecule has 0 aromatic carbocycles. The van der Waals surface area contributed by atoms with Gasteiger partial charge in [-0.1, -0.05) is 25.5 Å². The van der Waals surface area contributed by atoms with Gasteiger partial charge in [-0.3, -0.25) is 4.79 Å². The lowest BCUT2D eigenvalue weighted by Crippen LogP contribution is -2.54. The Hall–Kier alpha value is -1.38. The molecule has 0 saturated heterocycles. The van der Waals surface area contributed by atoms with Gasteiger partial charge in [-0.15, -0.1) is 0 Å². The molecule has 0 unspecified atom stereocenters. The van der Waals surface area contributed by atoms with E-state index < -0.39 is 0 Å². The number of esters is 1. The molecule has 0 bridgehead atoms. The summed E-state index contributed by atoms with van der Waals surface area (Å²) in [5, 5.41) is 0. The van der Waals surface area contributed by atoms with Crippen LogP contribution in [0.4, 0.5) is 0 Å². The maximum Gasteiger partial charge on any atom is 0.331 e. The van der Waals surface area contributed by atoms with Crippen LogP contribution < -0.4 is 0 Å². The molecule has 1 aliphatic heterocycles. The fraction of sp³-hybridized carbons (Fsp3) is 0.700. The lowest BCUT2D eigenvalue weighted by atomic mass is 9.46. The van der Waals surface area contributed by atoms with E-state index in [1.54, 1.807) is 6.08 Å². The topological polar surface area (TPSA) is 43.4 Å². The second-order valence-corrected chi connectivity index (χ2v) is 8.16. The van der Waals surface area contributed by atoms with Crippen molar-refractivity contribution < 1.29 is 14.3 Å². The number of carbonyl (C=O) groups excluding carboxylic acids is 2. The van der Waals surface area contributed by atoms with Crippen molar-refractivity contribution in [1.82, 2.24) is 0 Å². The zero-order chi connectivity index (χ0) is 16.8. The van der Waals surface area contributed by atoms with Crippen LogP contribution in [-0.2, 0) is 14.3 Å². The fourth-order valence-corrected chi connectivity index (χ4v) is 5.12. The number of ether oxygens (including phenoxy) is 1. The van der Waals surface area contributed by atoms with E-state index in [2.05, 4.69) is 33.8 Å². The Labute approximate surface area is 139 Å². The molecular weight excluding hydrogens is 288 g/mol. The molecule has 3 nitrogen and oxygen atoms in total. The fourth-order valence-electron chi connectivity index (χ4n) is 5.12. The van der Waals surface area contributed by atoms with Gasteiger partial charge in [0.2, 0.25) is 0 Å². The molecule has 0 radical (unpaired) electrons. The Kier molecular flexibility index (Phi) is 4.02. The largest absolute Gasteiger partial charge is 0.458 e. The molecule has 3 aliphatic rings. The van der Waals surface area contributed by atoms with Gasteiger partial charge in [-0.05, 0) is 62.4 Å². The number of Topliss-reactive ketones (excluding diaryl/α,β-unsaturated/α-hetero) is 1. The second kappa shape index (κ2) is 5.61. The molecule has 2 aliphatic carbocycles. The summed E-state index contributed by atoms with van der Waals surface area (Å²) < 4.78 is 5.03. The summed E-state index contributed by atoms with van der Waals surface area (Å²) in [6, 6.07) is 0. The monoisotopic (exact) mass is 316 g/mol. The van der Waals surface area contributed by atoms with Crippen molar-refractivity contribution in [2.24, 2.45) is 22.7 Å². The van der Waals surface area contributed by atoms with E-state index in [4.69, 9.17) is 4.74 Å². The Balaban J connectivity index is 1.87. The second-order valence-electron chi connectivity index (χ2n) is 8.16. The highest BCUT2D eigenvalue weighted by Gasteiger charge is 2.57. The summed E-state index contributed by atoms with van der Waals surface area (Å²) >= 11 is 0. The minimum absolute atomic E-state index is 0.130. The van der Waals surface area contributed by atoms with E-state index in [0.29, 0.717) is 30.6 Å². The Bertz CT molecular complexity index is 600. The van der Waals surface area contributed by atoms with Crippen LogP contribution in [0.3, 0.4) is 0 Å². The number of fused-ring (bicyclic) bond motifs is 1. The zero-order valence-corrected chi connectivity index (χ0v) is 14.8. The highest BCUT2D eigenvalue weighted by atomic mass is 16.5. The smallest absolute Gasteiger partial charge is 0.331 e. The van der Waals surface area contributed by atoms with Crippen LogP contribution in [0, 0.1) is 22.7 Å². The molecule has 1 heterocycles. The first kappa shape index (κ1) is 16.5. The highest BCUT2D eigenvalue weighted by Crippen LogP contribution is 2.60. The number of allylic oxidation sites excluding steroid dienone is 2. The first-order chi connectivity index (χ1) is 10.8. The lowest BCUT2D eigenvalue weighted by molar-refractivity contribution is -0.144. The molecule has 0 amide bonds. The first-order valence-electron chi connectivity index (χ1n) is 8.85. The highest BCUT2D eigenvalue weighted by molar-refractivity contribution is 5.89. The summed E-state index contributed by atoms with van der Waals surface area (Å²) in [6.07, 6.45) is 8.67. The number of ketones is 1. The standard InChI is InChI=1S/C20H28O3/c1-13-6-5-7-16-19(3,9-8-15-11-18(22)23-12-15)14(2)10-17(21)20(13,16)4/h6,11,14,16H,5,7-10,12H2,1-4H3/t14-,16+,19-,20+/m1/s1. The van der Waals surface area contributed by atoms with Crippen molar-refractivity contribution in [3.05, 3.63) is 23.3 Å². The van der Waals surface area contributed by atoms with Gasteiger partial charge in [0, 0.05) is 12.5 Å². The van der Waals surface area contributed by atoms with E-state index >= 15 is 0 Å². The van der Waals surface area contributed by atoms with Crippen molar-refractivity contribution in [3.8, 4) is 0 Å². The van der Waals surface area contributed by atoms with E-state index in [9.17, 15) is 9.59 Å². The maximum atomic E-state index is 12.8. The van der Waals surface area contributed by atoms with Gasteiger partial charge in [0.1, 0.15) is 12.4 Å². The van der Waals surface area contributed by atoms with Gasteiger partial charge < -0.3 is 4.74 Å². The van der Waals surface area contributed by atoms with Gasteiger partial charge in [0.15, 0.2) is 0 Å². The molecule has 1 saturated carbocycles. The van der Waals surface area contributed by atoms with Gasteiger partial charge in [0.25, 0.3) is 0 Å². The molecule has 3 heteroatoms. The first-order valence-corrected chi connectivity index (χ1v) is 8.85. The summed E-state index contributed by atoms with van der Waals surface area (Å²) in [5.41, 5.74) is 2.20. The molecular formula is C20H28O3. The average Bonchev–Trinajstić information content (AvgIpc) is 2.92. The van der Waals surface area contributed by atoms with Crippen LogP contribution in [0.5, 0.6) is 0 Å². The normalized spacial score (nSPS) is 40.3. The van der Waals surface area contributed by atoms with E-state index in [1.807, 2.05) is 0 Å². The third-order valence-corrected chi connectivity index (χ3v) is 7.12. The number of hydrogen-bond donors (Lipinski definition) is 0. The summed E-state index contributed by atoms with van der Waals surface area (Å²) in [5.74, 6) is 0.991. The van der Waals surface area contributed by atoms with Crippen LogP contribution in [-0.4, -0.2) is 18.4 Å². The van der Waals surface area contributed by atoms with Gasteiger partial charge in [-0.25, -0.2) is 4.79 Å². The van der Waals surface area contributed by atoms with Crippen LogP contribution in [0.15, 0.2) is 23.3 Å². The number of rotatable bonds is 3. The van der Waals surface area contributed by atoms with E-state index in [1.165, 1.54) is 5.57 Å². The quantitative estimate of drug-likeness (QED) is 0.578. The van der Waals surface area contributed by atoms with E-state index in [-0.39, 0.29) is 16.8 Å². The van der Waals surface area contributed by atoms with Gasteiger partial charge in [0.05, 0.1) is 5.41 Å². The Morgan fingerprint density at radius 2 is 2.04 bits per heavy atom. The molecule has 0 spiro atoms. The minimum Gasteiger partial charge on any atom is -0.458 e. The number of carbonyl (C=O) groups is 2. The van der Waals surface area contributed by atoms with Gasteiger partial charge in [-0.2, -0.15) is 0 Å². The molecule has 0 aromatic rings. The minimum atomic E-state index is -0.296. The van der Waals surface area contributed by atoms with Crippen LogP contribution in [0.1, 0.15) is 59.8 Å². The molecule has 0 N–H and O–H groups in total. The molecule has 3 rings (SSSR count). The maximum absolute atomic E-state index is 12.8. The summed E-state index contributed by atoms with van der Waals surface area (Å²) in [4.78, 5) is 24.1. The predicted octanol–water partition coefficient (Wildman–Crippen LogP) is 4.23. The molecule has 0 aromatic heterocycles. The Morgan fingerprint density at radius 1 is 1.30 bits per heavy atom. The third kappa shape index (κ3) is 2.49. The Morgan fingerprint density at radius 3 is 2.70 bits per heavy atom. The van der Waals surface area contributed by atoms with Crippen LogP contribution in [0.25, 0.3) is 0 Å². The van der Waals surface area contributed by atoms with E-state index in [0.717, 1.165) is 31.3 Å². The van der Waals surface area contributed by atoms with Crippen molar-refractivity contribution in [3.63, 3.8) is 0 Å². The third-order valence-electron chi connectivity index (χ3n) is 7.12. The molecule has 126 valence electrons. The zero-order valence-electron chi connectivity index (χ0n) is 14.8. The van der Waals surface area contributed by atoms with Crippen LogP contribution >= 0.6 is 0 Å². The lowest BCUT2D eigenvalue weighted by Gasteiger charge is -2.56. The SMILES string of the molecule is CC1=CCC[C@@H]2[C@@]1(C)C(=O)C[C@@H](C)[C@@]2(C)CCC1=CC(=O)OC1. The average molecular weight is 316 g/mol. The predicted molar refractivity (Wildman–Crippen MR) is 89.8 cm³/mol. The molecule has 23 heavy (non-hydrogen) atoms. The van der Waals surface area contributed by atoms with Crippen molar-refractivity contribution in [1.29, 1.82) is 0 Å². The van der Waals surface area contributed by atoms with Crippen molar-refractivity contribution >= 4 is 11.8 Å². The molecule has 4 atom stereocenters. The van der Waals surface area contributed by atoms with Gasteiger partial charge >= 0.3 is 5.97 Å².